The van der Waals surface area contributed by atoms with Gasteiger partial charge in [0, 0.05) is 15.5 Å². The molecule has 0 radical (unpaired) electrons. The number of fused-ring (bicyclic) bond motifs is 5. The fraction of sp³-hybridized carbons (Fsp3) is 0. The third-order valence-corrected chi connectivity index (χ3v) is 5.28. The van der Waals surface area contributed by atoms with Crippen LogP contribution in [0.15, 0.2) is 77.2 Å². The van der Waals surface area contributed by atoms with Gasteiger partial charge in [-0.25, -0.2) is 0 Å². The van der Waals surface area contributed by atoms with Crippen LogP contribution in [0.5, 0.6) is 0 Å². The third-order valence-electron chi connectivity index (χ3n) is 4.10. The van der Waals surface area contributed by atoms with E-state index in [1.807, 2.05) is 6.07 Å². The fourth-order valence-corrected chi connectivity index (χ4v) is 4.18. The van der Waals surface area contributed by atoms with E-state index in [0.717, 1.165) is 11.2 Å². The summed E-state index contributed by atoms with van der Waals surface area (Å²) in [5, 5.41) is 2.41. The maximum Gasteiger partial charge on any atom is 0.154 e. The van der Waals surface area contributed by atoms with E-state index in [0.29, 0.717) is 0 Å². The molecule has 1 nitrogen and oxygen atoms in total. The topological polar surface area (TPSA) is 13.1 Å². The Morgan fingerprint density at radius 1 is 0.682 bits per heavy atom. The predicted octanol–water partition coefficient (Wildman–Crippen LogP) is 6.47. The molecule has 2 aromatic heterocycles. The molecule has 0 fully saturated rings. The number of benzene rings is 3. The molecule has 5 rings (SSSR count). The van der Waals surface area contributed by atoms with Crippen molar-refractivity contribution in [2.45, 2.75) is 0 Å². The Kier molecular flexibility index (Phi) is 2.43. The molecule has 0 saturated heterocycles. The van der Waals surface area contributed by atoms with Gasteiger partial charge in [0.05, 0.1) is 4.70 Å². The van der Waals surface area contributed by atoms with Gasteiger partial charge in [-0.3, -0.25) is 0 Å². The largest absolute Gasteiger partial charge is 0.454 e. The van der Waals surface area contributed by atoms with Gasteiger partial charge in [0.1, 0.15) is 5.58 Å². The van der Waals surface area contributed by atoms with Crippen molar-refractivity contribution >= 4 is 42.7 Å². The lowest BCUT2D eigenvalue weighted by molar-refractivity contribution is 0.673. The SMILES string of the molecule is c1ccc(-c2ccc3c(c2)oc2c4ccccc4sc32)cc1. The van der Waals surface area contributed by atoms with E-state index in [1.54, 1.807) is 11.3 Å². The number of furan rings is 1. The summed E-state index contributed by atoms with van der Waals surface area (Å²) in [7, 11) is 0. The summed E-state index contributed by atoms with van der Waals surface area (Å²) in [4.78, 5) is 0. The van der Waals surface area contributed by atoms with E-state index in [-0.39, 0.29) is 0 Å². The highest BCUT2D eigenvalue weighted by Crippen LogP contribution is 2.41. The van der Waals surface area contributed by atoms with Gasteiger partial charge in [-0.2, -0.15) is 0 Å². The highest BCUT2D eigenvalue weighted by Gasteiger charge is 2.13. The second-order valence-electron chi connectivity index (χ2n) is 5.44. The molecule has 0 amide bonds. The molecule has 0 N–H and O–H groups in total. The summed E-state index contributed by atoms with van der Waals surface area (Å²) >= 11 is 1.81. The van der Waals surface area contributed by atoms with Crippen LogP contribution < -0.4 is 0 Å². The minimum Gasteiger partial charge on any atom is -0.454 e. The molecule has 0 saturated carbocycles. The minimum absolute atomic E-state index is 0.966. The maximum atomic E-state index is 6.18. The zero-order valence-electron chi connectivity index (χ0n) is 11.7. The van der Waals surface area contributed by atoms with E-state index in [4.69, 9.17) is 4.42 Å². The van der Waals surface area contributed by atoms with Crippen molar-refractivity contribution in [1.29, 1.82) is 0 Å². The van der Waals surface area contributed by atoms with E-state index < -0.39 is 0 Å². The third kappa shape index (κ3) is 1.65. The summed E-state index contributed by atoms with van der Waals surface area (Å²) in [5.41, 5.74) is 4.39. The summed E-state index contributed by atoms with van der Waals surface area (Å²) in [6.07, 6.45) is 0. The Balaban J connectivity index is 1.82. The molecule has 0 aliphatic heterocycles. The van der Waals surface area contributed by atoms with Gasteiger partial charge in [-0.05, 0) is 35.4 Å². The number of hydrogen-bond donors (Lipinski definition) is 0. The molecule has 104 valence electrons. The lowest BCUT2D eigenvalue weighted by Gasteiger charge is -2.00. The standard InChI is InChI=1S/C20H12OS/c1-2-6-13(7-3-1)14-10-11-15-17(12-14)21-19-16-8-4-5-9-18(16)22-20(15)19/h1-12H. The Bertz CT molecular complexity index is 1120. The highest BCUT2D eigenvalue weighted by atomic mass is 32.1. The summed E-state index contributed by atoms with van der Waals surface area (Å²) in [6.45, 7) is 0. The molecule has 5 aromatic rings. The van der Waals surface area contributed by atoms with Crippen LogP contribution in [0.4, 0.5) is 0 Å². The molecular formula is C20H12OS. The zero-order valence-corrected chi connectivity index (χ0v) is 12.6. The second kappa shape index (κ2) is 4.46. The van der Waals surface area contributed by atoms with Gasteiger partial charge in [0.15, 0.2) is 5.58 Å². The molecule has 0 atom stereocenters. The Morgan fingerprint density at radius 2 is 1.50 bits per heavy atom. The van der Waals surface area contributed by atoms with Gasteiger partial charge >= 0.3 is 0 Å². The molecule has 0 spiro atoms. The van der Waals surface area contributed by atoms with Gasteiger partial charge in [0.2, 0.25) is 0 Å². The average molecular weight is 300 g/mol. The zero-order chi connectivity index (χ0) is 14.5. The Hall–Kier alpha value is -2.58. The van der Waals surface area contributed by atoms with E-state index in [1.165, 1.54) is 31.3 Å². The molecule has 0 bridgehead atoms. The molecule has 0 aliphatic carbocycles. The van der Waals surface area contributed by atoms with Crippen LogP contribution in [-0.2, 0) is 0 Å². The molecule has 0 unspecified atom stereocenters. The first kappa shape index (κ1) is 12.0. The monoisotopic (exact) mass is 300 g/mol. The summed E-state index contributed by atoms with van der Waals surface area (Å²) < 4.78 is 8.71. The van der Waals surface area contributed by atoms with Crippen molar-refractivity contribution < 1.29 is 4.42 Å². The summed E-state index contributed by atoms with van der Waals surface area (Å²) in [5.74, 6) is 0. The quantitative estimate of drug-likeness (QED) is 0.346. The first-order valence-corrected chi connectivity index (χ1v) is 8.11. The van der Waals surface area contributed by atoms with Crippen LogP contribution in [0.1, 0.15) is 0 Å². The Labute approximate surface area is 131 Å². The van der Waals surface area contributed by atoms with Gasteiger partial charge in [-0.1, -0.05) is 48.5 Å². The predicted molar refractivity (Wildman–Crippen MR) is 94.5 cm³/mol. The van der Waals surface area contributed by atoms with E-state index >= 15 is 0 Å². The normalized spacial score (nSPS) is 11.6. The maximum absolute atomic E-state index is 6.18. The molecular weight excluding hydrogens is 288 g/mol. The molecule has 2 heteroatoms. The van der Waals surface area contributed by atoms with Gasteiger partial charge in [-0.15, -0.1) is 11.3 Å². The number of thiophene rings is 1. The molecule has 2 heterocycles. The van der Waals surface area contributed by atoms with Crippen LogP contribution in [0.2, 0.25) is 0 Å². The van der Waals surface area contributed by atoms with E-state index in [2.05, 4.69) is 66.7 Å². The molecule has 0 aliphatic rings. The first-order valence-electron chi connectivity index (χ1n) is 7.29. The molecule has 3 aromatic carbocycles. The van der Waals surface area contributed by atoms with Crippen molar-refractivity contribution in [2.24, 2.45) is 0 Å². The van der Waals surface area contributed by atoms with Crippen LogP contribution in [0, 0.1) is 0 Å². The minimum atomic E-state index is 0.966. The van der Waals surface area contributed by atoms with Crippen LogP contribution in [0.3, 0.4) is 0 Å². The lowest BCUT2D eigenvalue weighted by atomic mass is 10.0. The molecule has 22 heavy (non-hydrogen) atoms. The number of hydrogen-bond acceptors (Lipinski definition) is 2. The highest BCUT2D eigenvalue weighted by molar-refractivity contribution is 7.26. The van der Waals surface area contributed by atoms with Crippen molar-refractivity contribution in [2.75, 3.05) is 0 Å². The van der Waals surface area contributed by atoms with E-state index in [9.17, 15) is 0 Å². The second-order valence-corrected chi connectivity index (χ2v) is 6.49. The van der Waals surface area contributed by atoms with Crippen LogP contribution >= 0.6 is 11.3 Å². The van der Waals surface area contributed by atoms with Crippen LogP contribution in [-0.4, -0.2) is 0 Å². The Morgan fingerprint density at radius 3 is 2.41 bits per heavy atom. The van der Waals surface area contributed by atoms with Gasteiger partial charge in [0.25, 0.3) is 0 Å². The smallest absolute Gasteiger partial charge is 0.154 e. The van der Waals surface area contributed by atoms with Gasteiger partial charge < -0.3 is 4.42 Å². The summed E-state index contributed by atoms with van der Waals surface area (Å²) in [6, 6.07) is 25.4. The first-order chi connectivity index (χ1) is 10.9. The van der Waals surface area contributed by atoms with Crippen molar-refractivity contribution in [3.63, 3.8) is 0 Å². The fourth-order valence-electron chi connectivity index (χ4n) is 3.01. The van der Waals surface area contributed by atoms with Crippen molar-refractivity contribution in [1.82, 2.24) is 0 Å². The number of rotatable bonds is 1. The average Bonchev–Trinajstić information content (AvgIpc) is 3.11. The van der Waals surface area contributed by atoms with Crippen molar-refractivity contribution in [3.8, 4) is 11.1 Å². The lowest BCUT2D eigenvalue weighted by Crippen LogP contribution is -1.75. The van der Waals surface area contributed by atoms with Crippen molar-refractivity contribution in [3.05, 3.63) is 72.8 Å². The van der Waals surface area contributed by atoms with Crippen LogP contribution in [0.25, 0.3) is 42.5 Å².